The number of esters is 1. The van der Waals surface area contributed by atoms with Crippen molar-refractivity contribution >= 4 is 23.7 Å². The third kappa shape index (κ3) is 11.2. The summed E-state index contributed by atoms with van der Waals surface area (Å²) in [5.41, 5.74) is 7.17. The van der Waals surface area contributed by atoms with Gasteiger partial charge in [-0.2, -0.15) is 0 Å². The quantitative estimate of drug-likeness (QED) is 0.137. The molecule has 0 aliphatic heterocycles. The van der Waals surface area contributed by atoms with E-state index in [4.69, 9.17) is 9.47 Å². The number of carbonyl (C=O) groups is 4. The Kier molecular flexibility index (Phi) is 13.4. The van der Waals surface area contributed by atoms with Crippen LogP contribution in [0.25, 0.3) is 0 Å². The monoisotopic (exact) mass is 617 g/mol. The number of hydrogen-bond acceptors (Lipinski definition) is 6. The number of hydrogen-bond donors (Lipinski definition) is 3. The smallest absolute Gasteiger partial charge is 0.328 e. The molecule has 9 heteroatoms. The van der Waals surface area contributed by atoms with Crippen molar-refractivity contribution in [2.45, 2.75) is 84.1 Å². The van der Waals surface area contributed by atoms with Crippen LogP contribution in [-0.4, -0.2) is 43.4 Å². The molecule has 0 radical (unpaired) electrons. The summed E-state index contributed by atoms with van der Waals surface area (Å²) in [6, 6.07) is 13.2. The van der Waals surface area contributed by atoms with Gasteiger partial charge in [0.05, 0.1) is 13.7 Å². The molecule has 2 aromatic carbocycles. The summed E-state index contributed by atoms with van der Waals surface area (Å²) in [4.78, 5) is 50.6. The molecular weight excluding hydrogens is 570 g/mol. The predicted octanol–water partition coefficient (Wildman–Crippen LogP) is 5.96. The Balaban J connectivity index is 1.46. The Hall–Kier alpha value is -4.40. The summed E-state index contributed by atoms with van der Waals surface area (Å²) >= 11 is 0. The average Bonchev–Trinajstić information content (AvgIpc) is 3.04. The Morgan fingerprint density at radius 2 is 1.47 bits per heavy atom. The summed E-state index contributed by atoms with van der Waals surface area (Å²) in [5.74, 6) is -1.23. The van der Waals surface area contributed by atoms with E-state index in [9.17, 15) is 19.2 Å². The fourth-order valence-corrected chi connectivity index (χ4v) is 4.89. The fraction of sp³-hybridized carbons (Fsp3) is 0.444. The summed E-state index contributed by atoms with van der Waals surface area (Å²) in [7, 11) is 1.28. The first kappa shape index (κ1) is 35.1. The van der Waals surface area contributed by atoms with Gasteiger partial charge in [-0.15, -0.1) is 0 Å². The van der Waals surface area contributed by atoms with Crippen LogP contribution in [0, 0.1) is 5.92 Å². The number of benzene rings is 2. The highest BCUT2D eigenvalue weighted by Gasteiger charge is 2.26. The molecule has 0 fully saturated rings. The topological polar surface area (TPSA) is 123 Å². The lowest BCUT2D eigenvalue weighted by molar-refractivity contribution is -0.143. The van der Waals surface area contributed by atoms with Crippen LogP contribution in [0.3, 0.4) is 0 Å². The lowest BCUT2D eigenvalue weighted by Gasteiger charge is -2.23. The molecule has 0 spiro atoms. The van der Waals surface area contributed by atoms with Crippen LogP contribution in [0.5, 0.6) is 5.75 Å². The first-order valence-electron chi connectivity index (χ1n) is 15.7. The first-order chi connectivity index (χ1) is 21.5. The number of unbranched alkanes of at least 4 members (excludes halogenated alkanes) is 4. The highest BCUT2D eigenvalue weighted by molar-refractivity contribution is 6.00. The minimum atomic E-state index is -0.856. The SMILES string of the molecule is CCCCCCCOc1ccc(C(=O)NNC(=O)C2=CCC(C[C@H](NC(=O)c3ccc(C(C)(C)C)cc3)C(=O)OC)C=C2)cc1. The number of methoxy groups -OCH3 is 1. The van der Waals surface area contributed by atoms with E-state index in [-0.39, 0.29) is 17.2 Å². The molecule has 45 heavy (non-hydrogen) atoms. The van der Waals surface area contributed by atoms with Crippen LogP contribution in [0.2, 0.25) is 0 Å². The van der Waals surface area contributed by atoms with Crippen LogP contribution in [0.15, 0.2) is 72.3 Å². The van der Waals surface area contributed by atoms with Gasteiger partial charge in [-0.1, -0.05) is 83.7 Å². The average molecular weight is 618 g/mol. The minimum absolute atomic E-state index is 0.0412. The number of ether oxygens (including phenoxy) is 2. The molecule has 0 bridgehead atoms. The van der Waals surface area contributed by atoms with E-state index in [2.05, 4.69) is 43.9 Å². The summed E-state index contributed by atoms with van der Waals surface area (Å²) in [6.45, 7) is 9.11. The van der Waals surface area contributed by atoms with Crippen molar-refractivity contribution < 1.29 is 28.7 Å². The largest absolute Gasteiger partial charge is 0.494 e. The number of carbonyl (C=O) groups excluding carboxylic acids is 4. The summed E-state index contributed by atoms with van der Waals surface area (Å²) < 4.78 is 10.7. The molecule has 2 atom stereocenters. The van der Waals surface area contributed by atoms with Gasteiger partial charge >= 0.3 is 5.97 Å². The third-order valence-corrected chi connectivity index (χ3v) is 7.72. The van der Waals surface area contributed by atoms with Crippen molar-refractivity contribution in [2.75, 3.05) is 13.7 Å². The van der Waals surface area contributed by atoms with E-state index in [0.29, 0.717) is 41.9 Å². The highest BCUT2D eigenvalue weighted by atomic mass is 16.5. The van der Waals surface area contributed by atoms with Crippen molar-refractivity contribution in [1.82, 2.24) is 16.2 Å². The normalized spacial score (nSPS) is 15.0. The van der Waals surface area contributed by atoms with Gasteiger partial charge < -0.3 is 14.8 Å². The molecule has 0 heterocycles. The molecule has 0 aromatic heterocycles. The van der Waals surface area contributed by atoms with Gasteiger partial charge in [0.15, 0.2) is 0 Å². The lowest BCUT2D eigenvalue weighted by atomic mass is 9.86. The molecular formula is C36H47N3O6. The van der Waals surface area contributed by atoms with Gasteiger partial charge in [0.2, 0.25) is 0 Å². The molecule has 0 saturated carbocycles. The van der Waals surface area contributed by atoms with E-state index < -0.39 is 23.8 Å². The van der Waals surface area contributed by atoms with Crippen molar-refractivity contribution in [3.63, 3.8) is 0 Å². The van der Waals surface area contributed by atoms with E-state index in [1.807, 2.05) is 18.2 Å². The van der Waals surface area contributed by atoms with E-state index >= 15 is 0 Å². The second-order valence-electron chi connectivity index (χ2n) is 12.3. The molecule has 9 nitrogen and oxygen atoms in total. The van der Waals surface area contributed by atoms with Crippen molar-refractivity contribution in [1.29, 1.82) is 0 Å². The van der Waals surface area contributed by atoms with E-state index in [1.54, 1.807) is 48.6 Å². The van der Waals surface area contributed by atoms with Crippen molar-refractivity contribution in [3.05, 3.63) is 89.0 Å². The summed E-state index contributed by atoms with van der Waals surface area (Å²) in [6.07, 6.45) is 11.8. The van der Waals surface area contributed by atoms with E-state index in [0.717, 1.165) is 18.4 Å². The molecule has 3 rings (SSSR count). The molecule has 3 amide bonds. The fourth-order valence-electron chi connectivity index (χ4n) is 4.89. The van der Waals surface area contributed by atoms with E-state index in [1.165, 1.54) is 26.4 Å². The predicted molar refractivity (Wildman–Crippen MR) is 175 cm³/mol. The number of allylic oxidation sites excluding steroid dienone is 2. The van der Waals surface area contributed by atoms with Crippen LogP contribution in [-0.2, 0) is 19.7 Å². The first-order valence-corrected chi connectivity index (χ1v) is 15.7. The lowest BCUT2D eigenvalue weighted by Crippen LogP contribution is -2.43. The second kappa shape index (κ2) is 17.2. The Bertz CT molecular complexity index is 1360. The zero-order chi connectivity index (χ0) is 32.8. The zero-order valence-corrected chi connectivity index (χ0v) is 27.1. The number of nitrogens with one attached hydrogen (secondary N) is 3. The summed E-state index contributed by atoms with van der Waals surface area (Å²) in [5, 5.41) is 2.79. The van der Waals surface area contributed by atoms with Gasteiger partial charge in [0.25, 0.3) is 17.7 Å². The van der Waals surface area contributed by atoms with Gasteiger partial charge in [-0.05, 0) is 72.6 Å². The maximum absolute atomic E-state index is 12.9. The van der Waals surface area contributed by atoms with Crippen molar-refractivity contribution in [2.24, 2.45) is 5.92 Å². The minimum Gasteiger partial charge on any atom is -0.494 e. The van der Waals surface area contributed by atoms with Crippen LogP contribution < -0.4 is 20.9 Å². The Labute approximate surface area is 266 Å². The van der Waals surface area contributed by atoms with Crippen LogP contribution in [0.1, 0.15) is 98.9 Å². The molecule has 0 saturated heterocycles. The van der Waals surface area contributed by atoms with Crippen LogP contribution >= 0.6 is 0 Å². The van der Waals surface area contributed by atoms with Gasteiger partial charge in [0, 0.05) is 16.7 Å². The van der Waals surface area contributed by atoms with Crippen molar-refractivity contribution in [3.8, 4) is 5.75 Å². The zero-order valence-electron chi connectivity index (χ0n) is 27.1. The van der Waals surface area contributed by atoms with Gasteiger partial charge in [-0.3, -0.25) is 25.2 Å². The molecule has 3 N–H and O–H groups in total. The number of rotatable bonds is 14. The highest BCUT2D eigenvalue weighted by Crippen LogP contribution is 2.24. The number of amides is 3. The third-order valence-electron chi connectivity index (χ3n) is 7.72. The standard InChI is InChI=1S/C36H47N3O6/c1-6-7-8-9-10-23-45-30-21-17-28(18-22-30)34(42)39-38-33(41)27-13-11-25(12-14-27)24-31(35(43)44-5)37-32(40)26-15-19-29(20-16-26)36(2,3)4/h11,13-22,25,31H,6-10,12,23-24H2,1-5H3,(H,37,40)(H,38,41)(H,39,42)/t25?,31-/m0/s1. The maximum atomic E-state index is 12.9. The van der Waals surface area contributed by atoms with Crippen LogP contribution in [0.4, 0.5) is 0 Å². The molecule has 2 aromatic rings. The Morgan fingerprint density at radius 3 is 2.07 bits per heavy atom. The maximum Gasteiger partial charge on any atom is 0.328 e. The van der Waals surface area contributed by atoms with Gasteiger partial charge in [0.1, 0.15) is 11.8 Å². The molecule has 1 aliphatic rings. The second-order valence-corrected chi connectivity index (χ2v) is 12.3. The molecule has 242 valence electrons. The molecule has 1 unspecified atom stereocenters. The molecule has 1 aliphatic carbocycles. The Morgan fingerprint density at radius 1 is 0.844 bits per heavy atom. The van der Waals surface area contributed by atoms with Gasteiger partial charge in [-0.25, -0.2) is 4.79 Å². The number of hydrazine groups is 1.